The number of rotatable bonds is 7. The zero-order valence-corrected chi connectivity index (χ0v) is 10.1. The Kier molecular flexibility index (Phi) is 6.48. The molecule has 0 saturated heterocycles. The molecule has 0 aliphatic rings. The van der Waals surface area contributed by atoms with Gasteiger partial charge < -0.3 is 10.5 Å². The number of ether oxygens (including phenoxy) is 1. The molecular weight excluding hydrogens is 206 g/mol. The van der Waals surface area contributed by atoms with Crippen molar-refractivity contribution in [1.29, 1.82) is 0 Å². The molecule has 1 rings (SSSR count). The maximum Gasteiger partial charge on any atom is 0.0589 e. The predicted octanol–water partition coefficient (Wildman–Crippen LogP) is 2.20. The van der Waals surface area contributed by atoms with Crippen molar-refractivity contribution >= 4 is 11.8 Å². The van der Waals surface area contributed by atoms with Crippen LogP contribution in [-0.2, 0) is 10.5 Å². The van der Waals surface area contributed by atoms with Gasteiger partial charge >= 0.3 is 0 Å². The summed E-state index contributed by atoms with van der Waals surface area (Å²) in [5, 5.41) is 0. The molecule has 1 aromatic rings. The Bertz CT molecular complexity index is 278. The molecule has 2 nitrogen and oxygen atoms in total. The summed E-state index contributed by atoms with van der Waals surface area (Å²) in [5.74, 6) is 2.10. The highest BCUT2D eigenvalue weighted by Crippen LogP contribution is 2.15. The summed E-state index contributed by atoms with van der Waals surface area (Å²) in [4.78, 5) is 0. The molecule has 0 heterocycles. The average Bonchev–Trinajstić information content (AvgIpc) is 2.25. The number of thioether (sulfide) groups is 1. The maximum atomic E-state index is 5.32. The second-order valence-corrected chi connectivity index (χ2v) is 4.49. The number of aryl methyl sites for hydroxylation is 1. The molecule has 15 heavy (non-hydrogen) atoms. The number of nitrogens with two attached hydrogens (primary N) is 1. The fourth-order valence-corrected chi connectivity index (χ4v) is 2.18. The molecular formula is C12H19NOS. The van der Waals surface area contributed by atoms with Crippen LogP contribution in [0.25, 0.3) is 0 Å². The second-order valence-electron chi connectivity index (χ2n) is 3.38. The minimum Gasteiger partial charge on any atom is -0.379 e. The summed E-state index contributed by atoms with van der Waals surface area (Å²) in [5.41, 5.74) is 8.11. The molecule has 0 radical (unpaired) electrons. The van der Waals surface area contributed by atoms with Crippen LogP contribution in [0.3, 0.4) is 0 Å². The van der Waals surface area contributed by atoms with Crippen molar-refractivity contribution in [2.45, 2.75) is 12.7 Å². The van der Waals surface area contributed by atoms with Gasteiger partial charge in [-0.3, -0.25) is 0 Å². The molecule has 0 amide bonds. The van der Waals surface area contributed by atoms with Gasteiger partial charge in [0.2, 0.25) is 0 Å². The van der Waals surface area contributed by atoms with Gasteiger partial charge in [-0.1, -0.05) is 24.3 Å². The molecule has 0 aliphatic carbocycles. The van der Waals surface area contributed by atoms with Gasteiger partial charge in [0.1, 0.15) is 0 Å². The average molecular weight is 225 g/mol. The predicted molar refractivity (Wildman–Crippen MR) is 67.2 cm³/mol. The van der Waals surface area contributed by atoms with Crippen molar-refractivity contribution < 1.29 is 4.74 Å². The highest BCUT2D eigenvalue weighted by Gasteiger charge is 1.96. The normalized spacial score (nSPS) is 10.5. The van der Waals surface area contributed by atoms with Gasteiger partial charge in [-0.2, -0.15) is 11.8 Å². The molecule has 3 heteroatoms. The van der Waals surface area contributed by atoms with E-state index in [9.17, 15) is 0 Å². The smallest absolute Gasteiger partial charge is 0.0589 e. The molecule has 0 aromatic heterocycles. The second kappa shape index (κ2) is 7.74. The fraction of sp³-hybridized carbons (Fsp3) is 0.500. The first kappa shape index (κ1) is 12.6. The number of benzene rings is 1. The minimum atomic E-state index is 0.614. The molecule has 0 atom stereocenters. The standard InChI is InChI=1S/C12H19NOS/c1-11-4-2-3-5-12(11)10-15-9-8-14-7-6-13/h2-5H,6-10,13H2,1H3. The van der Waals surface area contributed by atoms with Crippen molar-refractivity contribution in [3.05, 3.63) is 35.4 Å². The van der Waals surface area contributed by atoms with Gasteiger partial charge in [0.05, 0.1) is 13.2 Å². The van der Waals surface area contributed by atoms with E-state index in [2.05, 4.69) is 31.2 Å². The van der Waals surface area contributed by atoms with E-state index in [1.54, 1.807) is 0 Å². The van der Waals surface area contributed by atoms with Crippen LogP contribution >= 0.6 is 11.8 Å². The van der Waals surface area contributed by atoms with Crippen LogP contribution in [0.2, 0.25) is 0 Å². The quantitative estimate of drug-likeness (QED) is 0.723. The van der Waals surface area contributed by atoms with Crippen molar-refractivity contribution in [2.24, 2.45) is 5.73 Å². The molecule has 0 aliphatic heterocycles. The summed E-state index contributed by atoms with van der Waals surface area (Å²) in [6, 6.07) is 8.51. The molecule has 0 fully saturated rings. The van der Waals surface area contributed by atoms with Gasteiger partial charge in [0.25, 0.3) is 0 Å². The van der Waals surface area contributed by atoms with Crippen molar-refractivity contribution in [3.8, 4) is 0 Å². The van der Waals surface area contributed by atoms with Gasteiger partial charge in [0.15, 0.2) is 0 Å². The molecule has 1 aromatic carbocycles. The lowest BCUT2D eigenvalue weighted by atomic mass is 10.1. The highest BCUT2D eigenvalue weighted by molar-refractivity contribution is 7.98. The third kappa shape index (κ3) is 5.21. The Morgan fingerprint density at radius 1 is 1.27 bits per heavy atom. The fourth-order valence-electron chi connectivity index (χ4n) is 1.26. The van der Waals surface area contributed by atoms with E-state index in [1.165, 1.54) is 11.1 Å². The zero-order chi connectivity index (χ0) is 10.9. The maximum absolute atomic E-state index is 5.32. The van der Waals surface area contributed by atoms with Crippen LogP contribution in [0.1, 0.15) is 11.1 Å². The van der Waals surface area contributed by atoms with Gasteiger partial charge in [0, 0.05) is 18.1 Å². The summed E-state index contributed by atoms with van der Waals surface area (Å²) >= 11 is 1.91. The van der Waals surface area contributed by atoms with Crippen LogP contribution in [0.4, 0.5) is 0 Å². The first-order valence-corrected chi connectivity index (χ1v) is 6.40. The lowest BCUT2D eigenvalue weighted by molar-refractivity contribution is 0.158. The van der Waals surface area contributed by atoms with Crippen molar-refractivity contribution in [2.75, 3.05) is 25.5 Å². The molecule has 2 N–H and O–H groups in total. The summed E-state index contributed by atoms with van der Waals surface area (Å²) in [7, 11) is 0. The number of hydrogen-bond acceptors (Lipinski definition) is 3. The SMILES string of the molecule is Cc1ccccc1CSCCOCCN. The molecule has 0 unspecified atom stereocenters. The van der Waals surface area contributed by atoms with E-state index in [0.717, 1.165) is 18.1 Å². The van der Waals surface area contributed by atoms with Crippen LogP contribution in [-0.4, -0.2) is 25.5 Å². The first-order chi connectivity index (χ1) is 7.34. The topological polar surface area (TPSA) is 35.2 Å². The van der Waals surface area contributed by atoms with Crippen molar-refractivity contribution in [3.63, 3.8) is 0 Å². The zero-order valence-electron chi connectivity index (χ0n) is 9.24. The molecule has 0 saturated carbocycles. The van der Waals surface area contributed by atoms with Gasteiger partial charge in [-0.25, -0.2) is 0 Å². The Morgan fingerprint density at radius 3 is 2.80 bits per heavy atom. The Morgan fingerprint density at radius 2 is 2.07 bits per heavy atom. The van der Waals surface area contributed by atoms with E-state index in [0.29, 0.717) is 13.2 Å². The largest absolute Gasteiger partial charge is 0.379 e. The number of hydrogen-bond donors (Lipinski definition) is 1. The third-order valence-electron chi connectivity index (χ3n) is 2.15. The molecule has 84 valence electrons. The van der Waals surface area contributed by atoms with Gasteiger partial charge in [-0.15, -0.1) is 0 Å². The Hall–Kier alpha value is -0.510. The van der Waals surface area contributed by atoms with E-state index >= 15 is 0 Å². The van der Waals surface area contributed by atoms with E-state index in [-0.39, 0.29) is 0 Å². The third-order valence-corrected chi connectivity index (χ3v) is 3.12. The summed E-state index contributed by atoms with van der Waals surface area (Å²) in [6.07, 6.45) is 0. The van der Waals surface area contributed by atoms with Crippen LogP contribution in [0.5, 0.6) is 0 Å². The summed E-state index contributed by atoms with van der Waals surface area (Å²) in [6.45, 7) is 4.24. The highest BCUT2D eigenvalue weighted by atomic mass is 32.2. The Labute approximate surface area is 96.2 Å². The first-order valence-electron chi connectivity index (χ1n) is 5.24. The van der Waals surface area contributed by atoms with Crippen LogP contribution in [0, 0.1) is 6.92 Å². The van der Waals surface area contributed by atoms with Crippen LogP contribution < -0.4 is 5.73 Å². The molecule has 0 bridgehead atoms. The van der Waals surface area contributed by atoms with Gasteiger partial charge in [-0.05, 0) is 18.1 Å². The monoisotopic (exact) mass is 225 g/mol. The summed E-state index contributed by atoms with van der Waals surface area (Å²) < 4.78 is 5.31. The van der Waals surface area contributed by atoms with Crippen LogP contribution in [0.15, 0.2) is 24.3 Å². The van der Waals surface area contributed by atoms with E-state index in [4.69, 9.17) is 10.5 Å². The lowest BCUT2D eigenvalue weighted by Crippen LogP contribution is -2.09. The van der Waals surface area contributed by atoms with Crippen molar-refractivity contribution in [1.82, 2.24) is 0 Å². The van der Waals surface area contributed by atoms with E-state index < -0.39 is 0 Å². The minimum absolute atomic E-state index is 0.614. The molecule has 0 spiro atoms. The van der Waals surface area contributed by atoms with E-state index in [1.807, 2.05) is 11.8 Å². The lowest BCUT2D eigenvalue weighted by Gasteiger charge is -2.05. The Balaban J connectivity index is 2.12.